The van der Waals surface area contributed by atoms with Crippen molar-refractivity contribution >= 4 is 39.0 Å². The number of carbonyl (C=O) groups excluding carboxylic acids is 1. The summed E-state index contributed by atoms with van der Waals surface area (Å²) in [4.78, 5) is 24.9. The van der Waals surface area contributed by atoms with Gasteiger partial charge < -0.3 is 26.4 Å². The number of carbonyl (C=O) groups is 1. The van der Waals surface area contributed by atoms with Gasteiger partial charge in [-0.15, -0.1) is 11.3 Å². The Balaban J connectivity index is 1.30. The largest absolute Gasteiger partial charge is 0.397 e. The molecule has 1 aliphatic carbocycles. The molecule has 3 aromatic rings. The number of amides is 1. The van der Waals surface area contributed by atoms with E-state index in [1.807, 2.05) is 19.9 Å². The molecule has 3 aromatic heterocycles. The van der Waals surface area contributed by atoms with Crippen LogP contribution in [0.5, 0.6) is 0 Å². The molecule has 5 rings (SSSR count). The quantitative estimate of drug-likeness (QED) is 0.432. The van der Waals surface area contributed by atoms with E-state index in [4.69, 9.17) is 11.5 Å². The number of aryl methyl sites for hydroxylation is 3. The third-order valence-electron chi connectivity index (χ3n) is 7.46. The Labute approximate surface area is 222 Å². The van der Waals surface area contributed by atoms with Crippen LogP contribution in [0.15, 0.2) is 12.1 Å². The maximum atomic E-state index is 15.2. The monoisotopic (exact) mass is 548 g/mol. The first-order valence-electron chi connectivity index (χ1n) is 12.5. The van der Waals surface area contributed by atoms with Gasteiger partial charge in [0, 0.05) is 60.7 Å². The van der Waals surface area contributed by atoms with Crippen molar-refractivity contribution in [3.8, 4) is 0 Å². The molecule has 1 amide bonds. The molecular weight excluding hydrogens is 517 g/mol. The summed E-state index contributed by atoms with van der Waals surface area (Å²) in [7, 11) is 1.22. The minimum Gasteiger partial charge on any atom is -0.397 e. The summed E-state index contributed by atoms with van der Waals surface area (Å²) < 4.78 is 48.8. The van der Waals surface area contributed by atoms with E-state index in [9.17, 15) is 13.6 Å². The number of anilines is 2. The number of halogens is 3. The van der Waals surface area contributed by atoms with Crippen LogP contribution in [0.1, 0.15) is 38.6 Å². The van der Waals surface area contributed by atoms with Crippen LogP contribution in [0.4, 0.5) is 24.7 Å². The van der Waals surface area contributed by atoms with Crippen LogP contribution in [-0.4, -0.2) is 60.7 Å². The third kappa shape index (κ3) is 4.80. The molecule has 8 nitrogen and oxygen atoms in total. The first-order chi connectivity index (χ1) is 18.0. The second-order valence-corrected chi connectivity index (χ2v) is 11.3. The fraction of sp³-hybridized carbons (Fsp3) is 0.500. The summed E-state index contributed by atoms with van der Waals surface area (Å²) in [5, 5.41) is 3.78. The predicted molar refractivity (Wildman–Crippen MR) is 141 cm³/mol. The van der Waals surface area contributed by atoms with Crippen LogP contribution >= 0.6 is 11.3 Å². The van der Waals surface area contributed by atoms with Gasteiger partial charge in [-0.05, 0) is 44.7 Å². The molecule has 1 saturated heterocycles. The molecule has 0 saturated carbocycles. The SMILES string of the molecule is COCC(F)(F)C1CN(c2cc(F)c3c(n2)CCC(NC(=O)c2sc4nc(C)cc(C)c4c2N)C3)CC1N. The molecule has 4 heterocycles. The predicted octanol–water partition coefficient (Wildman–Crippen LogP) is 3.36. The topological polar surface area (TPSA) is 119 Å². The number of hydrogen-bond donors (Lipinski definition) is 3. The van der Waals surface area contributed by atoms with Gasteiger partial charge in [0.25, 0.3) is 11.8 Å². The summed E-state index contributed by atoms with van der Waals surface area (Å²) in [6.07, 6.45) is 1.27. The molecule has 3 unspecified atom stereocenters. The maximum absolute atomic E-state index is 15.2. The van der Waals surface area contributed by atoms with Gasteiger partial charge in [-0.3, -0.25) is 4.79 Å². The van der Waals surface area contributed by atoms with E-state index in [1.165, 1.54) is 24.5 Å². The standard InChI is InChI=1S/C26H31F3N6O2S/c1-12-6-13(2)32-25-21(12)22(31)23(38-25)24(36)33-14-4-5-19-15(7-14)17(27)8-20(34-19)35-9-16(18(30)10-35)26(28,29)11-37-3/h6,8,14,16,18H,4-5,7,9-11,30-31H2,1-3H3,(H,33,36). The van der Waals surface area contributed by atoms with Gasteiger partial charge in [0.15, 0.2) is 0 Å². The van der Waals surface area contributed by atoms with Crippen molar-refractivity contribution in [1.29, 1.82) is 0 Å². The number of fused-ring (bicyclic) bond motifs is 2. The molecule has 12 heteroatoms. The molecule has 5 N–H and O–H groups in total. The first kappa shape index (κ1) is 26.6. The van der Waals surface area contributed by atoms with E-state index in [0.29, 0.717) is 45.3 Å². The van der Waals surface area contributed by atoms with E-state index in [1.54, 1.807) is 4.90 Å². The van der Waals surface area contributed by atoms with Gasteiger partial charge in [0.2, 0.25) is 0 Å². The van der Waals surface area contributed by atoms with Crippen molar-refractivity contribution in [1.82, 2.24) is 15.3 Å². The second kappa shape index (κ2) is 9.97. The lowest BCUT2D eigenvalue weighted by atomic mass is 9.91. The first-order valence-corrected chi connectivity index (χ1v) is 13.3. The Morgan fingerprint density at radius 1 is 1.29 bits per heavy atom. The molecule has 1 fully saturated rings. The average molecular weight is 549 g/mol. The average Bonchev–Trinajstić information content (AvgIpc) is 3.40. The van der Waals surface area contributed by atoms with Gasteiger partial charge in [-0.2, -0.15) is 0 Å². The molecule has 1 aliphatic heterocycles. The number of ether oxygens (including phenoxy) is 1. The van der Waals surface area contributed by atoms with Crippen molar-refractivity contribution in [2.24, 2.45) is 11.7 Å². The summed E-state index contributed by atoms with van der Waals surface area (Å²) in [5.41, 5.74) is 15.5. The van der Waals surface area contributed by atoms with Crippen LogP contribution in [0, 0.1) is 25.6 Å². The normalized spacial score (nSPS) is 21.7. The number of thiophene rings is 1. The Morgan fingerprint density at radius 2 is 2.05 bits per heavy atom. The number of methoxy groups -OCH3 is 1. The van der Waals surface area contributed by atoms with Gasteiger partial charge in [-0.1, -0.05) is 0 Å². The van der Waals surface area contributed by atoms with Crippen LogP contribution in [0.2, 0.25) is 0 Å². The number of rotatable bonds is 6. The van der Waals surface area contributed by atoms with Crippen molar-refractivity contribution in [2.75, 3.05) is 37.4 Å². The Hall–Kier alpha value is -2.96. The number of aromatic nitrogens is 2. The number of nitrogens with two attached hydrogens (primary N) is 2. The Bertz CT molecular complexity index is 1400. The minimum atomic E-state index is -3.09. The Morgan fingerprint density at radius 3 is 2.79 bits per heavy atom. The van der Waals surface area contributed by atoms with E-state index in [2.05, 4.69) is 20.0 Å². The lowest BCUT2D eigenvalue weighted by molar-refractivity contribution is -0.105. The molecule has 0 spiro atoms. The summed E-state index contributed by atoms with van der Waals surface area (Å²) in [5.74, 6) is -4.69. The fourth-order valence-electron chi connectivity index (χ4n) is 5.59. The highest BCUT2D eigenvalue weighted by atomic mass is 32.1. The van der Waals surface area contributed by atoms with Crippen LogP contribution in [-0.2, 0) is 17.6 Å². The minimum absolute atomic E-state index is 0.0358. The zero-order valence-corrected chi connectivity index (χ0v) is 22.3. The zero-order valence-electron chi connectivity index (χ0n) is 21.5. The summed E-state index contributed by atoms with van der Waals surface area (Å²) >= 11 is 1.25. The highest BCUT2D eigenvalue weighted by molar-refractivity contribution is 7.21. The number of hydrogen-bond acceptors (Lipinski definition) is 8. The van der Waals surface area contributed by atoms with Crippen LogP contribution in [0.25, 0.3) is 10.2 Å². The lowest BCUT2D eigenvalue weighted by Crippen LogP contribution is -2.43. The summed E-state index contributed by atoms with van der Waals surface area (Å²) in [6.45, 7) is 3.22. The maximum Gasteiger partial charge on any atom is 0.276 e. The molecule has 3 atom stereocenters. The van der Waals surface area contributed by atoms with Crippen molar-refractivity contribution in [2.45, 2.75) is 51.1 Å². The Kier molecular flexibility index (Phi) is 6.99. The lowest BCUT2D eigenvalue weighted by Gasteiger charge is -2.27. The van der Waals surface area contributed by atoms with E-state index < -0.39 is 30.3 Å². The highest BCUT2D eigenvalue weighted by Gasteiger charge is 2.48. The van der Waals surface area contributed by atoms with Gasteiger partial charge in [0.1, 0.15) is 27.9 Å². The molecular formula is C26H31F3N6O2S. The number of nitrogens with zero attached hydrogens (tertiary/aromatic N) is 3. The van der Waals surface area contributed by atoms with Gasteiger partial charge in [-0.25, -0.2) is 23.1 Å². The van der Waals surface area contributed by atoms with E-state index >= 15 is 4.39 Å². The number of alkyl halides is 2. The van der Waals surface area contributed by atoms with Gasteiger partial charge >= 0.3 is 0 Å². The van der Waals surface area contributed by atoms with E-state index in [0.717, 1.165) is 16.6 Å². The molecule has 0 radical (unpaired) electrons. The zero-order chi connectivity index (χ0) is 27.4. The highest BCUT2D eigenvalue weighted by Crippen LogP contribution is 2.37. The number of pyridine rings is 2. The van der Waals surface area contributed by atoms with Crippen molar-refractivity contribution in [3.63, 3.8) is 0 Å². The fourth-order valence-corrected chi connectivity index (χ4v) is 6.71. The molecule has 0 aromatic carbocycles. The molecule has 38 heavy (non-hydrogen) atoms. The third-order valence-corrected chi connectivity index (χ3v) is 8.55. The van der Waals surface area contributed by atoms with Crippen molar-refractivity contribution in [3.05, 3.63) is 45.3 Å². The van der Waals surface area contributed by atoms with Crippen LogP contribution < -0.4 is 21.7 Å². The molecule has 204 valence electrons. The second-order valence-electron chi connectivity index (χ2n) is 10.3. The smallest absolute Gasteiger partial charge is 0.276 e. The molecule has 0 bridgehead atoms. The number of nitrogen functional groups attached to an aromatic ring is 1. The summed E-state index contributed by atoms with van der Waals surface area (Å²) in [6, 6.07) is 2.11. The van der Waals surface area contributed by atoms with Crippen molar-refractivity contribution < 1.29 is 22.7 Å². The van der Waals surface area contributed by atoms with E-state index in [-0.39, 0.29) is 31.5 Å². The van der Waals surface area contributed by atoms with Crippen LogP contribution in [0.3, 0.4) is 0 Å². The molecule has 2 aliphatic rings. The van der Waals surface area contributed by atoms with Gasteiger partial charge in [0.05, 0.1) is 11.6 Å². The number of nitrogens with one attached hydrogen (secondary N) is 1.